The Hall–Kier alpha value is -3.06. The maximum absolute atomic E-state index is 13.0. The molecule has 1 unspecified atom stereocenters. The molecule has 38 heavy (non-hydrogen) atoms. The lowest BCUT2D eigenvalue weighted by Crippen LogP contribution is -2.27. The minimum atomic E-state index is -0.569. The largest absolute Gasteiger partial charge is 0.462 e. The number of hydrogen-bond donors (Lipinski definition) is 2. The fourth-order valence-electron chi connectivity index (χ4n) is 4.86. The molecule has 2 aliphatic rings. The molecule has 1 aliphatic heterocycles. The van der Waals surface area contributed by atoms with E-state index in [0.29, 0.717) is 37.5 Å². The van der Waals surface area contributed by atoms with Crippen LogP contribution in [0.5, 0.6) is 0 Å². The van der Waals surface area contributed by atoms with E-state index < -0.39 is 11.9 Å². The number of anilines is 1. The van der Waals surface area contributed by atoms with Crippen molar-refractivity contribution in [3.05, 3.63) is 72.7 Å². The number of hydrogen-bond acceptors (Lipinski definition) is 8. The number of nitrogens with one attached hydrogen (secondary N) is 2. The van der Waals surface area contributed by atoms with Crippen LogP contribution in [0.1, 0.15) is 65.9 Å². The van der Waals surface area contributed by atoms with Gasteiger partial charge in [-0.2, -0.15) is 5.26 Å². The molecule has 1 aliphatic carbocycles. The van der Waals surface area contributed by atoms with Crippen molar-refractivity contribution in [2.45, 2.75) is 52.4 Å². The van der Waals surface area contributed by atoms with Crippen LogP contribution in [0.15, 0.2) is 46.1 Å². The molecule has 10 heteroatoms. The molecule has 0 fully saturated rings. The highest BCUT2D eigenvalue weighted by molar-refractivity contribution is 8.03. The summed E-state index contributed by atoms with van der Waals surface area (Å²) >= 11 is 8.69. The molecule has 4 rings (SSSR count). The molecule has 1 aromatic carbocycles. The zero-order chi connectivity index (χ0) is 27.4. The number of carbonyl (C=O) groups excluding carboxylic acids is 3. The minimum Gasteiger partial charge on any atom is -0.462 e. The van der Waals surface area contributed by atoms with Crippen LogP contribution in [0, 0.1) is 11.3 Å². The number of benzene rings is 1. The van der Waals surface area contributed by atoms with Crippen LogP contribution < -0.4 is 10.6 Å². The van der Waals surface area contributed by atoms with Crippen LogP contribution in [-0.2, 0) is 27.2 Å². The highest BCUT2D eigenvalue weighted by atomic mass is 35.5. The van der Waals surface area contributed by atoms with Gasteiger partial charge in [0.05, 0.1) is 40.5 Å². The SMILES string of the molecule is CCOC(=O)c1c(NC(=O)CSC2=C(C#N)C(c3ccc(Cl)cc3)C(C(C)=O)=C(C)N2)sc2c1CCCC2. The number of esters is 1. The molecule has 1 atom stereocenters. The van der Waals surface area contributed by atoms with Crippen molar-refractivity contribution in [1.82, 2.24) is 5.32 Å². The second-order valence-corrected chi connectivity index (χ2v) is 11.6. The summed E-state index contributed by atoms with van der Waals surface area (Å²) in [4.78, 5) is 39.4. The third-order valence-corrected chi connectivity index (χ3v) is 8.96. The Morgan fingerprint density at radius 3 is 2.61 bits per heavy atom. The smallest absolute Gasteiger partial charge is 0.341 e. The highest BCUT2D eigenvalue weighted by Gasteiger charge is 2.33. The quantitative estimate of drug-likeness (QED) is 0.369. The van der Waals surface area contributed by atoms with Gasteiger partial charge in [0.2, 0.25) is 5.91 Å². The topological polar surface area (TPSA) is 108 Å². The van der Waals surface area contributed by atoms with Gasteiger partial charge in [-0.15, -0.1) is 11.3 Å². The minimum absolute atomic E-state index is 0.00830. The number of thiophene rings is 1. The fourth-order valence-corrected chi connectivity index (χ4v) is 7.17. The Kier molecular flexibility index (Phi) is 8.98. The lowest BCUT2D eigenvalue weighted by Gasteiger charge is -2.29. The number of aryl methyl sites for hydroxylation is 1. The average Bonchev–Trinajstić information content (AvgIpc) is 3.25. The van der Waals surface area contributed by atoms with Gasteiger partial charge in [-0.05, 0) is 69.7 Å². The number of allylic oxidation sites excluding steroid dienone is 3. The van der Waals surface area contributed by atoms with Gasteiger partial charge < -0.3 is 15.4 Å². The predicted octanol–water partition coefficient (Wildman–Crippen LogP) is 6.11. The second kappa shape index (κ2) is 12.2. The number of dihydropyridines is 1. The average molecular weight is 570 g/mol. The summed E-state index contributed by atoms with van der Waals surface area (Å²) in [7, 11) is 0. The van der Waals surface area contributed by atoms with Crippen molar-refractivity contribution in [3.8, 4) is 6.07 Å². The summed E-state index contributed by atoms with van der Waals surface area (Å²) in [5, 5.41) is 17.8. The first kappa shape index (κ1) is 28.0. The number of halogens is 1. The molecule has 1 aromatic heterocycles. The van der Waals surface area contributed by atoms with Crippen LogP contribution in [0.3, 0.4) is 0 Å². The van der Waals surface area contributed by atoms with Crippen LogP contribution in [0.4, 0.5) is 5.00 Å². The summed E-state index contributed by atoms with van der Waals surface area (Å²) in [6, 6.07) is 9.31. The maximum atomic E-state index is 13.0. The van der Waals surface area contributed by atoms with E-state index in [1.807, 2.05) is 0 Å². The van der Waals surface area contributed by atoms with E-state index >= 15 is 0 Å². The number of nitrogens with zero attached hydrogens (tertiary/aromatic N) is 1. The van der Waals surface area contributed by atoms with Gasteiger partial charge in [0.25, 0.3) is 0 Å². The molecular formula is C28H28ClN3O4S2. The van der Waals surface area contributed by atoms with Gasteiger partial charge in [-0.1, -0.05) is 35.5 Å². The van der Waals surface area contributed by atoms with Gasteiger partial charge in [0.1, 0.15) is 5.00 Å². The number of thioether (sulfide) groups is 1. The van der Waals surface area contributed by atoms with Crippen LogP contribution >= 0.6 is 34.7 Å². The standard InChI is InChI=1S/C28H28ClN3O4S2/c1-4-36-28(35)25-19-7-5-6-8-21(19)38-27(25)32-22(34)14-37-26-20(13-30)24(17-9-11-18(29)12-10-17)23(16(3)33)15(2)31-26/h9-12,24,31H,4-8,14H2,1-3H3,(H,32,34). The first-order valence-electron chi connectivity index (χ1n) is 12.4. The molecule has 2 aromatic rings. The number of ketones is 1. The van der Waals surface area contributed by atoms with Crippen LogP contribution in [-0.4, -0.2) is 30.0 Å². The predicted molar refractivity (Wildman–Crippen MR) is 151 cm³/mol. The number of carbonyl (C=O) groups is 3. The number of amides is 1. The highest BCUT2D eigenvalue weighted by Crippen LogP contribution is 2.42. The van der Waals surface area contributed by atoms with Crippen molar-refractivity contribution in [2.24, 2.45) is 0 Å². The molecule has 0 saturated heterocycles. The van der Waals surface area contributed by atoms with E-state index in [4.69, 9.17) is 16.3 Å². The third kappa shape index (κ3) is 5.83. The summed E-state index contributed by atoms with van der Waals surface area (Å²) in [5.41, 5.74) is 3.71. The summed E-state index contributed by atoms with van der Waals surface area (Å²) in [5.74, 6) is -1.41. The van der Waals surface area contributed by atoms with Crippen molar-refractivity contribution < 1.29 is 19.1 Å². The Bertz CT molecular complexity index is 1390. The van der Waals surface area contributed by atoms with E-state index in [-0.39, 0.29) is 24.1 Å². The number of nitriles is 1. The van der Waals surface area contributed by atoms with Crippen molar-refractivity contribution >= 4 is 57.4 Å². The molecule has 7 nitrogen and oxygen atoms in total. The van der Waals surface area contributed by atoms with Crippen molar-refractivity contribution in [2.75, 3.05) is 17.7 Å². The Labute approximate surface area is 235 Å². The van der Waals surface area contributed by atoms with Crippen molar-refractivity contribution in [1.29, 1.82) is 5.26 Å². The van der Waals surface area contributed by atoms with E-state index in [0.717, 1.165) is 41.7 Å². The lowest BCUT2D eigenvalue weighted by molar-refractivity contribution is -0.114. The molecule has 1 amide bonds. The zero-order valence-electron chi connectivity index (χ0n) is 21.4. The maximum Gasteiger partial charge on any atom is 0.341 e. The van der Waals surface area contributed by atoms with Gasteiger partial charge in [-0.25, -0.2) is 4.79 Å². The first-order chi connectivity index (χ1) is 18.2. The van der Waals surface area contributed by atoms with Gasteiger partial charge in [0, 0.05) is 21.2 Å². The number of ether oxygens (including phenoxy) is 1. The van der Waals surface area contributed by atoms with Crippen molar-refractivity contribution in [3.63, 3.8) is 0 Å². The van der Waals surface area contributed by atoms with Gasteiger partial charge in [0.15, 0.2) is 5.78 Å². The zero-order valence-corrected chi connectivity index (χ0v) is 23.8. The molecule has 0 radical (unpaired) electrons. The lowest BCUT2D eigenvalue weighted by atomic mass is 9.81. The van der Waals surface area contributed by atoms with Gasteiger partial charge >= 0.3 is 5.97 Å². The number of rotatable bonds is 8. The summed E-state index contributed by atoms with van der Waals surface area (Å²) in [6.07, 6.45) is 3.73. The Morgan fingerprint density at radius 2 is 1.95 bits per heavy atom. The summed E-state index contributed by atoms with van der Waals surface area (Å²) < 4.78 is 5.28. The second-order valence-electron chi connectivity index (χ2n) is 9.03. The molecule has 2 N–H and O–H groups in total. The summed E-state index contributed by atoms with van der Waals surface area (Å²) in [6.45, 7) is 5.28. The van der Waals surface area contributed by atoms with Gasteiger partial charge in [-0.3, -0.25) is 9.59 Å². The molecule has 198 valence electrons. The molecular weight excluding hydrogens is 542 g/mol. The molecule has 0 bridgehead atoms. The van der Waals surface area contributed by atoms with E-state index in [1.165, 1.54) is 30.0 Å². The normalized spacial score (nSPS) is 16.9. The Morgan fingerprint density at radius 1 is 1.24 bits per heavy atom. The van der Waals surface area contributed by atoms with E-state index in [2.05, 4.69) is 16.7 Å². The number of fused-ring (bicyclic) bond motifs is 1. The molecule has 0 saturated carbocycles. The Balaban J connectivity index is 1.58. The number of Topliss-reactive ketones (excluding diaryl/α,β-unsaturated/α-hetero) is 1. The fraction of sp³-hybridized carbons (Fsp3) is 0.357. The van der Waals surface area contributed by atoms with Crippen LogP contribution in [0.2, 0.25) is 5.02 Å². The first-order valence-corrected chi connectivity index (χ1v) is 14.6. The van der Waals surface area contributed by atoms with E-state index in [1.54, 1.807) is 38.1 Å². The third-order valence-electron chi connectivity index (χ3n) is 6.48. The van der Waals surface area contributed by atoms with Crippen LogP contribution in [0.25, 0.3) is 0 Å². The molecule has 2 heterocycles. The van der Waals surface area contributed by atoms with E-state index in [9.17, 15) is 19.6 Å². The monoisotopic (exact) mass is 569 g/mol. The molecule has 0 spiro atoms.